The lowest BCUT2D eigenvalue weighted by Crippen LogP contribution is -2.17. The minimum Gasteiger partial charge on any atom is -0.490 e. The Bertz CT molecular complexity index is 760. The maximum Gasteiger partial charge on any atom is 0.311 e. The van der Waals surface area contributed by atoms with Gasteiger partial charge in [-0.3, -0.25) is 14.9 Å². The summed E-state index contributed by atoms with van der Waals surface area (Å²) in [5, 5.41) is 14.7. The molecule has 2 rings (SSSR count). The monoisotopic (exact) mass is 425 g/mol. The van der Waals surface area contributed by atoms with Gasteiger partial charge in [0.2, 0.25) is 0 Å². The molecule has 0 aliphatic rings. The first-order valence-corrected chi connectivity index (χ1v) is 7.50. The molecular weight excluding hydrogens is 413 g/mol. The van der Waals surface area contributed by atoms with E-state index in [-0.39, 0.29) is 17.3 Å². The summed E-state index contributed by atoms with van der Waals surface area (Å²) in [4.78, 5) is 22.3. The quantitative estimate of drug-likeness (QED) is 0.345. The maximum atomic E-state index is 11.9. The van der Waals surface area contributed by atoms with Crippen molar-refractivity contribution in [2.75, 3.05) is 7.11 Å². The molecule has 0 radical (unpaired) electrons. The molecule has 0 saturated carbocycles. The number of hydrazone groups is 1. The van der Waals surface area contributed by atoms with Gasteiger partial charge in [0.25, 0.3) is 5.91 Å². The van der Waals surface area contributed by atoms with Crippen LogP contribution in [-0.4, -0.2) is 24.2 Å². The highest BCUT2D eigenvalue weighted by Crippen LogP contribution is 2.26. The third kappa shape index (κ3) is 4.49. The van der Waals surface area contributed by atoms with Crippen LogP contribution in [0.2, 0.25) is 0 Å². The van der Waals surface area contributed by atoms with E-state index >= 15 is 0 Å². The zero-order valence-electron chi connectivity index (χ0n) is 12.0. The van der Waals surface area contributed by atoms with Crippen molar-refractivity contribution >= 4 is 40.4 Å². The van der Waals surface area contributed by atoms with E-state index in [1.165, 1.54) is 25.5 Å². The average Bonchev–Trinajstić information content (AvgIpc) is 2.55. The number of ether oxygens (including phenoxy) is 1. The van der Waals surface area contributed by atoms with E-state index < -0.39 is 4.92 Å². The lowest BCUT2D eigenvalue weighted by atomic mass is 10.2. The first-order chi connectivity index (χ1) is 11.0. The van der Waals surface area contributed by atoms with Crippen molar-refractivity contribution in [3.8, 4) is 5.75 Å². The normalized spacial score (nSPS) is 10.5. The molecule has 8 heteroatoms. The zero-order chi connectivity index (χ0) is 16.8. The van der Waals surface area contributed by atoms with Crippen LogP contribution in [-0.2, 0) is 0 Å². The van der Waals surface area contributed by atoms with Gasteiger partial charge in [0.15, 0.2) is 5.75 Å². The van der Waals surface area contributed by atoms with Crippen molar-refractivity contribution < 1.29 is 14.5 Å². The molecule has 0 aliphatic carbocycles. The Morgan fingerprint density at radius 1 is 1.30 bits per heavy atom. The number of hydrogen-bond donors (Lipinski definition) is 1. The van der Waals surface area contributed by atoms with Crippen LogP contribution in [0.15, 0.2) is 47.6 Å². The van der Waals surface area contributed by atoms with Crippen molar-refractivity contribution in [3.63, 3.8) is 0 Å². The standard InChI is InChI=1S/C15H12IN3O4/c1-23-14-7-2-10(8-13(14)19(21)22)9-17-18-15(20)11-3-5-12(16)6-4-11/h2-9H,1H3,(H,18,20)/b17-9-. The number of nitro groups is 1. The molecule has 0 unspecified atom stereocenters. The van der Waals surface area contributed by atoms with Gasteiger partial charge in [-0.25, -0.2) is 5.43 Å². The molecule has 0 aliphatic heterocycles. The number of methoxy groups -OCH3 is 1. The van der Waals surface area contributed by atoms with Crippen molar-refractivity contribution in [2.24, 2.45) is 5.10 Å². The second-order valence-corrected chi connectivity index (χ2v) is 5.64. The predicted molar refractivity (Wildman–Crippen MR) is 93.9 cm³/mol. The first-order valence-electron chi connectivity index (χ1n) is 6.42. The van der Waals surface area contributed by atoms with Gasteiger partial charge in [-0.15, -0.1) is 0 Å². The number of carbonyl (C=O) groups is 1. The van der Waals surface area contributed by atoms with Crippen molar-refractivity contribution in [2.45, 2.75) is 0 Å². The minimum absolute atomic E-state index is 0.162. The van der Waals surface area contributed by atoms with Crippen molar-refractivity contribution in [3.05, 3.63) is 67.3 Å². The number of carbonyl (C=O) groups excluding carboxylic acids is 1. The second-order valence-electron chi connectivity index (χ2n) is 4.39. The fraction of sp³-hybridized carbons (Fsp3) is 0.0667. The fourth-order valence-corrected chi connectivity index (χ4v) is 2.12. The molecule has 0 atom stereocenters. The highest BCUT2D eigenvalue weighted by molar-refractivity contribution is 14.1. The molecule has 0 saturated heterocycles. The zero-order valence-corrected chi connectivity index (χ0v) is 14.2. The number of rotatable bonds is 5. The molecule has 0 fully saturated rings. The molecule has 2 aromatic rings. The SMILES string of the molecule is COc1ccc(/C=N\NC(=O)c2ccc(I)cc2)cc1[N+](=O)[O-]. The molecule has 0 heterocycles. The molecule has 2 aromatic carbocycles. The van der Waals surface area contributed by atoms with Crippen LogP contribution < -0.4 is 10.2 Å². The Morgan fingerprint density at radius 3 is 2.61 bits per heavy atom. The largest absolute Gasteiger partial charge is 0.490 e. The van der Waals surface area contributed by atoms with Crippen molar-refractivity contribution in [1.82, 2.24) is 5.43 Å². The number of benzene rings is 2. The molecule has 0 spiro atoms. The molecule has 1 amide bonds. The van der Waals surface area contributed by atoms with E-state index in [2.05, 4.69) is 33.1 Å². The molecular formula is C15H12IN3O4. The Balaban J connectivity index is 2.08. The molecule has 7 nitrogen and oxygen atoms in total. The van der Waals surface area contributed by atoms with Crippen LogP contribution in [0.3, 0.4) is 0 Å². The number of hydrogen-bond acceptors (Lipinski definition) is 5. The van der Waals surface area contributed by atoms with E-state index in [4.69, 9.17) is 4.74 Å². The van der Waals surface area contributed by atoms with Gasteiger partial charge >= 0.3 is 5.69 Å². The third-order valence-electron chi connectivity index (χ3n) is 2.89. The summed E-state index contributed by atoms with van der Waals surface area (Å²) < 4.78 is 5.94. The molecule has 118 valence electrons. The van der Waals surface area contributed by atoms with E-state index in [1.807, 2.05) is 12.1 Å². The van der Waals surface area contributed by atoms with E-state index in [0.717, 1.165) is 3.57 Å². The Morgan fingerprint density at radius 2 is 2.00 bits per heavy atom. The summed E-state index contributed by atoms with van der Waals surface area (Å²) in [5.74, 6) is -0.198. The number of amides is 1. The van der Waals surface area contributed by atoms with Crippen LogP contribution >= 0.6 is 22.6 Å². The van der Waals surface area contributed by atoms with E-state index in [1.54, 1.807) is 18.2 Å². The molecule has 0 bridgehead atoms. The molecule has 1 N–H and O–H groups in total. The number of halogens is 1. The lowest BCUT2D eigenvalue weighted by molar-refractivity contribution is -0.385. The van der Waals surface area contributed by atoms with Gasteiger partial charge < -0.3 is 4.74 Å². The average molecular weight is 425 g/mol. The molecule has 23 heavy (non-hydrogen) atoms. The van der Waals surface area contributed by atoms with E-state index in [0.29, 0.717) is 11.1 Å². The summed E-state index contributed by atoms with van der Waals surface area (Å²) in [6, 6.07) is 11.4. The van der Waals surface area contributed by atoms with Crippen LogP contribution in [0.25, 0.3) is 0 Å². The minimum atomic E-state index is -0.541. The summed E-state index contributed by atoms with van der Waals surface area (Å²) >= 11 is 2.14. The van der Waals surface area contributed by atoms with Crippen LogP contribution in [0.5, 0.6) is 5.75 Å². The second kappa shape index (κ2) is 7.68. The van der Waals surface area contributed by atoms with Crippen LogP contribution in [0.1, 0.15) is 15.9 Å². The van der Waals surface area contributed by atoms with Gasteiger partial charge in [0, 0.05) is 20.8 Å². The molecule has 0 aromatic heterocycles. The van der Waals surface area contributed by atoms with Crippen LogP contribution in [0, 0.1) is 13.7 Å². The van der Waals surface area contributed by atoms with Gasteiger partial charge in [-0.05, 0) is 59.0 Å². The Kier molecular flexibility index (Phi) is 5.63. The van der Waals surface area contributed by atoms with Gasteiger partial charge in [0.05, 0.1) is 18.2 Å². The lowest BCUT2D eigenvalue weighted by Gasteiger charge is -2.02. The van der Waals surface area contributed by atoms with E-state index in [9.17, 15) is 14.9 Å². The number of nitro benzene ring substituents is 1. The fourth-order valence-electron chi connectivity index (χ4n) is 1.76. The highest BCUT2D eigenvalue weighted by Gasteiger charge is 2.14. The number of nitrogens with zero attached hydrogens (tertiary/aromatic N) is 2. The summed E-state index contributed by atoms with van der Waals surface area (Å²) in [6.07, 6.45) is 1.33. The highest BCUT2D eigenvalue weighted by atomic mass is 127. The Labute approximate surface area is 145 Å². The maximum absolute atomic E-state index is 11.9. The van der Waals surface area contributed by atoms with Gasteiger partial charge in [0.1, 0.15) is 0 Å². The van der Waals surface area contributed by atoms with Gasteiger partial charge in [-0.1, -0.05) is 0 Å². The first kappa shape index (κ1) is 16.9. The third-order valence-corrected chi connectivity index (χ3v) is 3.60. The summed E-state index contributed by atoms with van der Waals surface area (Å²) in [5.41, 5.74) is 3.15. The van der Waals surface area contributed by atoms with Gasteiger partial charge in [-0.2, -0.15) is 5.10 Å². The van der Waals surface area contributed by atoms with Crippen LogP contribution in [0.4, 0.5) is 5.69 Å². The predicted octanol–water partition coefficient (Wildman–Crippen LogP) is 2.97. The summed E-state index contributed by atoms with van der Waals surface area (Å²) in [6.45, 7) is 0. The smallest absolute Gasteiger partial charge is 0.311 e. The Hall–Kier alpha value is -2.49. The van der Waals surface area contributed by atoms with Crippen molar-refractivity contribution in [1.29, 1.82) is 0 Å². The topological polar surface area (TPSA) is 93.8 Å². The summed E-state index contributed by atoms with van der Waals surface area (Å²) in [7, 11) is 1.36. The number of nitrogens with one attached hydrogen (secondary N) is 1.